The van der Waals surface area contributed by atoms with Gasteiger partial charge in [0, 0.05) is 18.2 Å². The molecule has 1 aliphatic rings. The highest BCUT2D eigenvalue weighted by molar-refractivity contribution is 5.54. The Hall–Kier alpha value is -2.31. The van der Waals surface area contributed by atoms with Gasteiger partial charge < -0.3 is 14.8 Å². The van der Waals surface area contributed by atoms with Crippen molar-refractivity contribution in [3.63, 3.8) is 0 Å². The van der Waals surface area contributed by atoms with Crippen molar-refractivity contribution in [2.45, 2.75) is 13.0 Å². The summed E-state index contributed by atoms with van der Waals surface area (Å²) in [5.74, 6) is 2.21. The van der Waals surface area contributed by atoms with Gasteiger partial charge in [0.15, 0.2) is 17.3 Å². The lowest BCUT2D eigenvalue weighted by molar-refractivity contribution is 0.297. The number of anilines is 1. The molecule has 0 atom stereocenters. The molecule has 0 unspecified atom stereocenters. The van der Waals surface area contributed by atoms with Crippen LogP contribution in [-0.2, 0) is 13.6 Å². The van der Waals surface area contributed by atoms with Crippen molar-refractivity contribution in [3.05, 3.63) is 24.0 Å². The third-order valence-corrected chi connectivity index (χ3v) is 2.75. The quantitative estimate of drug-likeness (QED) is 0.888. The molecule has 100 valence electrons. The van der Waals surface area contributed by atoms with E-state index in [1.54, 1.807) is 7.05 Å². The molecule has 0 amide bonds. The number of nitrogens with zero attached hydrogens (tertiary/aromatic N) is 4. The van der Waals surface area contributed by atoms with Crippen molar-refractivity contribution in [2.75, 3.05) is 18.5 Å². The van der Waals surface area contributed by atoms with E-state index in [1.165, 1.54) is 4.80 Å². The first-order valence-corrected chi connectivity index (χ1v) is 6.18. The predicted octanol–water partition coefficient (Wildman–Crippen LogP) is 0.983. The first-order chi connectivity index (χ1) is 9.31. The number of benzene rings is 1. The molecule has 2 aromatic rings. The van der Waals surface area contributed by atoms with Crippen molar-refractivity contribution >= 4 is 5.69 Å². The number of aryl methyl sites for hydroxylation is 1. The standard InChI is InChI=1S/C12H15N5O2/c1-17-15-12(14-16-17)8-13-9-3-4-10-11(7-9)19-6-2-5-18-10/h3-4,7,13H,2,5-6,8H2,1H3. The van der Waals surface area contributed by atoms with Crippen LogP contribution in [0.1, 0.15) is 12.2 Å². The lowest BCUT2D eigenvalue weighted by Crippen LogP contribution is -2.02. The Morgan fingerprint density at radius 3 is 2.89 bits per heavy atom. The maximum atomic E-state index is 5.63. The number of fused-ring (bicyclic) bond motifs is 1. The SMILES string of the molecule is Cn1nnc(CNc2ccc3c(c2)OCCCO3)n1. The highest BCUT2D eigenvalue weighted by Crippen LogP contribution is 2.32. The van der Waals surface area contributed by atoms with Crippen LogP contribution in [0, 0.1) is 0 Å². The summed E-state index contributed by atoms with van der Waals surface area (Å²) in [5.41, 5.74) is 0.941. The second kappa shape index (κ2) is 5.13. The van der Waals surface area contributed by atoms with Crippen molar-refractivity contribution in [2.24, 2.45) is 7.05 Å². The zero-order valence-corrected chi connectivity index (χ0v) is 10.7. The molecule has 1 aromatic carbocycles. The van der Waals surface area contributed by atoms with E-state index in [4.69, 9.17) is 9.47 Å². The molecule has 0 saturated carbocycles. The van der Waals surface area contributed by atoms with E-state index in [0.29, 0.717) is 25.6 Å². The van der Waals surface area contributed by atoms with Crippen LogP contribution in [0.25, 0.3) is 0 Å². The Balaban J connectivity index is 1.69. The molecule has 7 nitrogen and oxygen atoms in total. The van der Waals surface area contributed by atoms with E-state index in [2.05, 4.69) is 20.7 Å². The topological polar surface area (TPSA) is 74.1 Å². The normalized spacial score (nSPS) is 13.9. The van der Waals surface area contributed by atoms with E-state index < -0.39 is 0 Å². The molecule has 19 heavy (non-hydrogen) atoms. The second-order valence-electron chi connectivity index (χ2n) is 4.26. The largest absolute Gasteiger partial charge is 0.490 e. The Labute approximate surface area is 110 Å². The molecule has 1 aromatic heterocycles. The molecule has 0 fully saturated rings. The minimum Gasteiger partial charge on any atom is -0.490 e. The van der Waals surface area contributed by atoms with E-state index in [0.717, 1.165) is 23.6 Å². The van der Waals surface area contributed by atoms with E-state index in [9.17, 15) is 0 Å². The van der Waals surface area contributed by atoms with Gasteiger partial charge in [0.05, 0.1) is 26.8 Å². The molecule has 2 heterocycles. The molecule has 0 bridgehead atoms. The van der Waals surface area contributed by atoms with Crippen LogP contribution in [-0.4, -0.2) is 33.4 Å². The molecule has 0 radical (unpaired) electrons. The molecular formula is C12H15N5O2. The minimum absolute atomic E-state index is 0.521. The highest BCUT2D eigenvalue weighted by atomic mass is 16.5. The van der Waals surface area contributed by atoms with Gasteiger partial charge in [-0.15, -0.1) is 10.2 Å². The van der Waals surface area contributed by atoms with Crippen LogP contribution < -0.4 is 14.8 Å². The van der Waals surface area contributed by atoms with Gasteiger partial charge in [-0.05, 0) is 17.3 Å². The van der Waals surface area contributed by atoms with Crippen LogP contribution in [0.4, 0.5) is 5.69 Å². The summed E-state index contributed by atoms with van der Waals surface area (Å²) in [4.78, 5) is 1.44. The van der Waals surface area contributed by atoms with Gasteiger partial charge in [0.25, 0.3) is 0 Å². The zero-order valence-electron chi connectivity index (χ0n) is 10.7. The summed E-state index contributed by atoms with van der Waals surface area (Å²) in [6.45, 7) is 1.90. The van der Waals surface area contributed by atoms with Gasteiger partial charge in [-0.3, -0.25) is 0 Å². The fourth-order valence-electron chi connectivity index (χ4n) is 1.85. The molecule has 3 rings (SSSR count). The van der Waals surface area contributed by atoms with Crippen LogP contribution >= 0.6 is 0 Å². The molecule has 0 saturated heterocycles. The first kappa shape index (κ1) is 11.8. The average molecular weight is 261 g/mol. The highest BCUT2D eigenvalue weighted by Gasteiger charge is 2.10. The summed E-state index contributed by atoms with van der Waals surface area (Å²) >= 11 is 0. The van der Waals surface area contributed by atoms with Gasteiger partial charge >= 0.3 is 0 Å². The zero-order chi connectivity index (χ0) is 13.1. The van der Waals surface area contributed by atoms with E-state index in [-0.39, 0.29) is 0 Å². The van der Waals surface area contributed by atoms with Crippen molar-refractivity contribution in [3.8, 4) is 11.5 Å². The van der Waals surface area contributed by atoms with Gasteiger partial charge in [-0.25, -0.2) is 0 Å². The lowest BCUT2D eigenvalue weighted by Gasteiger charge is -2.10. The molecule has 7 heteroatoms. The number of aromatic nitrogens is 4. The number of tetrazole rings is 1. The summed E-state index contributed by atoms with van der Waals surface area (Å²) in [6, 6.07) is 5.79. The summed E-state index contributed by atoms with van der Waals surface area (Å²) in [5, 5.41) is 15.0. The summed E-state index contributed by atoms with van der Waals surface area (Å²) < 4.78 is 11.2. The Morgan fingerprint density at radius 2 is 2.11 bits per heavy atom. The number of ether oxygens (including phenoxy) is 2. The van der Waals surface area contributed by atoms with Crippen LogP contribution in [0.15, 0.2) is 18.2 Å². The predicted molar refractivity (Wildman–Crippen MR) is 68.2 cm³/mol. The lowest BCUT2D eigenvalue weighted by atomic mass is 10.2. The maximum absolute atomic E-state index is 5.63. The van der Waals surface area contributed by atoms with Gasteiger partial charge in [0.1, 0.15) is 0 Å². The Kier molecular flexibility index (Phi) is 3.18. The average Bonchev–Trinajstić information content (AvgIpc) is 2.70. The van der Waals surface area contributed by atoms with Crippen molar-refractivity contribution in [1.29, 1.82) is 0 Å². The van der Waals surface area contributed by atoms with Crippen molar-refractivity contribution in [1.82, 2.24) is 20.2 Å². The molecule has 0 spiro atoms. The first-order valence-electron chi connectivity index (χ1n) is 6.18. The smallest absolute Gasteiger partial charge is 0.193 e. The van der Waals surface area contributed by atoms with E-state index in [1.807, 2.05) is 18.2 Å². The molecular weight excluding hydrogens is 246 g/mol. The number of hydrogen-bond donors (Lipinski definition) is 1. The molecule has 1 aliphatic heterocycles. The third kappa shape index (κ3) is 2.75. The number of hydrogen-bond acceptors (Lipinski definition) is 6. The van der Waals surface area contributed by atoms with E-state index >= 15 is 0 Å². The third-order valence-electron chi connectivity index (χ3n) is 2.75. The number of nitrogens with one attached hydrogen (secondary N) is 1. The van der Waals surface area contributed by atoms with Crippen molar-refractivity contribution < 1.29 is 9.47 Å². The summed E-state index contributed by atoms with van der Waals surface area (Å²) in [6.07, 6.45) is 0.904. The van der Waals surface area contributed by atoms with Crippen LogP contribution in [0.5, 0.6) is 11.5 Å². The second-order valence-corrected chi connectivity index (χ2v) is 4.26. The Morgan fingerprint density at radius 1 is 1.26 bits per heavy atom. The molecule has 0 aliphatic carbocycles. The summed E-state index contributed by atoms with van der Waals surface area (Å²) in [7, 11) is 1.74. The Bertz CT molecular complexity index is 569. The monoisotopic (exact) mass is 261 g/mol. The maximum Gasteiger partial charge on any atom is 0.193 e. The van der Waals surface area contributed by atoms with Crippen LogP contribution in [0.2, 0.25) is 0 Å². The fourth-order valence-corrected chi connectivity index (χ4v) is 1.85. The minimum atomic E-state index is 0.521. The fraction of sp³-hybridized carbons (Fsp3) is 0.417. The number of rotatable bonds is 3. The molecule has 1 N–H and O–H groups in total. The van der Waals surface area contributed by atoms with Gasteiger partial charge in [-0.2, -0.15) is 4.80 Å². The van der Waals surface area contributed by atoms with Gasteiger partial charge in [0.2, 0.25) is 0 Å². The van der Waals surface area contributed by atoms with Gasteiger partial charge in [-0.1, -0.05) is 0 Å². The van der Waals surface area contributed by atoms with Crippen LogP contribution in [0.3, 0.4) is 0 Å².